The number of fused-ring (bicyclic) bond motifs is 1. The molecule has 2 heterocycles. The van der Waals surface area contributed by atoms with Gasteiger partial charge in [0.25, 0.3) is 10.0 Å². The Hall–Kier alpha value is -1.68. The van der Waals surface area contributed by atoms with Crippen molar-refractivity contribution in [3.63, 3.8) is 0 Å². The number of anilines is 1. The highest BCUT2D eigenvalue weighted by Crippen LogP contribution is 2.31. The maximum Gasteiger partial charge on any atom is 0.358 e. The number of benzene rings is 1. The van der Waals surface area contributed by atoms with Gasteiger partial charge in [0, 0.05) is 19.6 Å². The van der Waals surface area contributed by atoms with Gasteiger partial charge in [-0.2, -0.15) is 0 Å². The summed E-state index contributed by atoms with van der Waals surface area (Å²) in [5, 5.41) is 3.19. The summed E-state index contributed by atoms with van der Waals surface area (Å²) in [6.07, 6.45) is 0. The smallest absolute Gasteiger partial charge is 0.358 e. The zero-order valence-corrected chi connectivity index (χ0v) is 15.2. The first kappa shape index (κ1) is 18.7. The third-order valence-electron chi connectivity index (χ3n) is 3.51. The topological polar surface area (TPSA) is 88.6 Å². The van der Waals surface area contributed by atoms with Crippen molar-refractivity contribution in [1.29, 1.82) is 0 Å². The van der Waals surface area contributed by atoms with Gasteiger partial charge in [-0.1, -0.05) is 18.2 Å². The summed E-state index contributed by atoms with van der Waals surface area (Å²) in [5.74, 6) is -0.758. The Morgan fingerprint density at radius 3 is 2.88 bits per heavy atom. The number of esters is 1. The molecule has 24 heavy (non-hydrogen) atoms. The van der Waals surface area contributed by atoms with Gasteiger partial charge in [-0.05, 0) is 11.6 Å². The number of hydrogen-bond donors (Lipinski definition) is 1. The van der Waals surface area contributed by atoms with Crippen LogP contribution in [-0.4, -0.2) is 39.6 Å². The number of hydrogen-bond acceptors (Lipinski definition) is 7. The van der Waals surface area contributed by atoms with E-state index in [2.05, 4.69) is 15.0 Å². The van der Waals surface area contributed by atoms with Crippen LogP contribution < -0.4 is 9.62 Å². The van der Waals surface area contributed by atoms with Gasteiger partial charge >= 0.3 is 5.97 Å². The van der Waals surface area contributed by atoms with Crippen LogP contribution in [0.3, 0.4) is 0 Å². The molecule has 10 heteroatoms. The van der Waals surface area contributed by atoms with Crippen LogP contribution in [0.25, 0.3) is 0 Å². The quantitative estimate of drug-likeness (QED) is 0.803. The minimum absolute atomic E-state index is 0. The van der Waals surface area contributed by atoms with Crippen molar-refractivity contribution >= 4 is 45.4 Å². The predicted octanol–water partition coefficient (Wildman–Crippen LogP) is 1.65. The number of aromatic nitrogens is 1. The molecule has 0 fully saturated rings. The van der Waals surface area contributed by atoms with Crippen LogP contribution in [0.15, 0.2) is 34.0 Å². The predicted molar refractivity (Wildman–Crippen MR) is 93.4 cm³/mol. The molecular weight excluding hydrogens is 374 g/mol. The van der Waals surface area contributed by atoms with E-state index < -0.39 is 16.0 Å². The number of rotatable bonds is 3. The van der Waals surface area contributed by atoms with Gasteiger partial charge in [0.1, 0.15) is 0 Å². The lowest BCUT2D eigenvalue weighted by Crippen LogP contribution is -2.35. The van der Waals surface area contributed by atoms with E-state index in [-0.39, 0.29) is 28.9 Å². The fraction of sp³-hybridized carbons (Fsp3) is 0.286. The Morgan fingerprint density at radius 1 is 1.38 bits per heavy atom. The van der Waals surface area contributed by atoms with E-state index in [1.54, 1.807) is 12.1 Å². The zero-order valence-electron chi connectivity index (χ0n) is 12.8. The van der Waals surface area contributed by atoms with Crippen molar-refractivity contribution in [3.05, 3.63) is 41.0 Å². The highest BCUT2D eigenvalue weighted by Gasteiger charge is 2.33. The molecule has 1 aromatic heterocycles. The van der Waals surface area contributed by atoms with Gasteiger partial charge in [-0.15, -0.1) is 23.7 Å². The van der Waals surface area contributed by atoms with Crippen molar-refractivity contribution in [2.45, 2.75) is 10.8 Å². The Balaban J connectivity index is 0.00000208. The standard InChI is InChI=1S/C14H15N3O4S2.ClH/c1-21-13(18)12-14(22-9-16-12)23(19,20)17-7-6-15-8-10-4-2-3-5-11(10)17;/h2-5,9,15H,6-8H2,1H3;1H. The average molecular weight is 390 g/mol. The third kappa shape index (κ3) is 3.25. The number of nitrogens with one attached hydrogen (secondary N) is 1. The van der Waals surface area contributed by atoms with Crippen LogP contribution in [0, 0.1) is 0 Å². The van der Waals surface area contributed by atoms with E-state index in [9.17, 15) is 13.2 Å². The van der Waals surface area contributed by atoms with Crippen LogP contribution in [0.1, 0.15) is 16.1 Å². The number of ether oxygens (including phenoxy) is 1. The molecule has 2 aromatic rings. The lowest BCUT2D eigenvalue weighted by atomic mass is 10.2. The van der Waals surface area contributed by atoms with E-state index in [0.29, 0.717) is 18.8 Å². The summed E-state index contributed by atoms with van der Waals surface area (Å²) in [6.45, 7) is 1.38. The molecule has 0 unspecified atom stereocenters. The molecular formula is C14H16ClN3O4S2. The molecule has 0 atom stereocenters. The molecule has 130 valence electrons. The van der Waals surface area contributed by atoms with Crippen LogP contribution in [0.4, 0.5) is 5.69 Å². The Kier molecular flexibility index (Phi) is 5.81. The van der Waals surface area contributed by atoms with Crippen molar-refractivity contribution in [3.8, 4) is 0 Å². The number of para-hydroxylation sites is 1. The van der Waals surface area contributed by atoms with Gasteiger partial charge in [-0.3, -0.25) is 4.31 Å². The summed E-state index contributed by atoms with van der Waals surface area (Å²) in [6, 6.07) is 7.30. The molecule has 1 aromatic carbocycles. The molecule has 1 N–H and O–H groups in total. The first-order valence-corrected chi connectivity index (χ1v) is 9.21. The number of methoxy groups -OCH3 is 1. The molecule has 3 rings (SSSR count). The molecule has 7 nitrogen and oxygen atoms in total. The van der Waals surface area contributed by atoms with Crippen LogP contribution in [0.2, 0.25) is 0 Å². The fourth-order valence-corrected chi connectivity index (χ4v) is 5.16. The van der Waals surface area contributed by atoms with Gasteiger partial charge < -0.3 is 10.1 Å². The van der Waals surface area contributed by atoms with E-state index in [1.165, 1.54) is 16.9 Å². The number of sulfonamides is 1. The minimum atomic E-state index is -3.89. The molecule has 0 saturated carbocycles. The number of halogens is 1. The third-order valence-corrected chi connectivity index (χ3v) is 6.67. The summed E-state index contributed by atoms with van der Waals surface area (Å²) in [5.41, 5.74) is 2.66. The second kappa shape index (κ2) is 7.47. The van der Waals surface area contributed by atoms with Crippen molar-refractivity contribution in [1.82, 2.24) is 10.3 Å². The van der Waals surface area contributed by atoms with Crippen LogP contribution >= 0.6 is 23.7 Å². The number of nitrogens with zero attached hydrogens (tertiary/aromatic N) is 2. The molecule has 0 amide bonds. The van der Waals surface area contributed by atoms with Gasteiger partial charge in [0.15, 0.2) is 9.90 Å². The fourth-order valence-electron chi connectivity index (χ4n) is 2.43. The van der Waals surface area contributed by atoms with E-state index in [0.717, 1.165) is 16.9 Å². The van der Waals surface area contributed by atoms with Gasteiger partial charge in [0.2, 0.25) is 0 Å². The molecule has 1 aliphatic heterocycles. The number of thiazole rings is 1. The molecule has 0 radical (unpaired) electrons. The highest BCUT2D eigenvalue weighted by molar-refractivity contribution is 7.94. The number of carbonyl (C=O) groups excluding carboxylic acids is 1. The second-order valence-corrected chi connectivity index (χ2v) is 7.78. The summed E-state index contributed by atoms with van der Waals surface area (Å²) < 4.78 is 32.0. The monoisotopic (exact) mass is 389 g/mol. The van der Waals surface area contributed by atoms with Crippen molar-refractivity contribution in [2.24, 2.45) is 0 Å². The molecule has 0 spiro atoms. The molecule has 1 aliphatic rings. The first-order chi connectivity index (χ1) is 11.1. The van der Waals surface area contributed by atoms with Crippen molar-refractivity contribution in [2.75, 3.05) is 24.5 Å². The maximum absolute atomic E-state index is 13.1. The van der Waals surface area contributed by atoms with E-state index in [1.807, 2.05) is 12.1 Å². The van der Waals surface area contributed by atoms with Crippen LogP contribution in [-0.2, 0) is 21.3 Å². The lowest BCUT2D eigenvalue weighted by molar-refractivity contribution is 0.0590. The summed E-state index contributed by atoms with van der Waals surface area (Å²) in [4.78, 5) is 15.6. The largest absolute Gasteiger partial charge is 0.464 e. The van der Waals surface area contributed by atoms with Crippen molar-refractivity contribution < 1.29 is 17.9 Å². The Bertz CT molecular complexity index is 838. The summed E-state index contributed by atoms with van der Waals surface area (Å²) in [7, 11) is -2.70. The highest BCUT2D eigenvalue weighted by atomic mass is 35.5. The van der Waals surface area contributed by atoms with Crippen LogP contribution in [0.5, 0.6) is 0 Å². The summed E-state index contributed by atoms with van der Waals surface area (Å²) >= 11 is 0.913. The second-order valence-electron chi connectivity index (χ2n) is 4.86. The Labute approximate surface area is 150 Å². The normalized spacial score (nSPS) is 14.3. The van der Waals surface area contributed by atoms with E-state index in [4.69, 9.17) is 0 Å². The SMILES string of the molecule is COC(=O)c1ncsc1S(=O)(=O)N1CCNCc2ccccc21.Cl. The molecule has 0 saturated heterocycles. The Morgan fingerprint density at radius 2 is 2.12 bits per heavy atom. The number of carbonyl (C=O) groups is 1. The van der Waals surface area contributed by atoms with E-state index >= 15 is 0 Å². The molecule has 0 bridgehead atoms. The first-order valence-electron chi connectivity index (χ1n) is 6.89. The van der Waals surface area contributed by atoms with Gasteiger partial charge in [-0.25, -0.2) is 18.2 Å². The van der Waals surface area contributed by atoms with Gasteiger partial charge in [0.05, 0.1) is 18.3 Å². The average Bonchev–Trinajstić information content (AvgIpc) is 2.95. The maximum atomic E-state index is 13.1. The molecule has 0 aliphatic carbocycles. The zero-order chi connectivity index (χ0) is 16.4. The minimum Gasteiger partial charge on any atom is -0.464 e. The lowest BCUT2D eigenvalue weighted by Gasteiger charge is -2.23.